The second kappa shape index (κ2) is 9.07. The van der Waals surface area contributed by atoms with Crippen LogP contribution in [0.2, 0.25) is 0 Å². The Balaban J connectivity index is 1.63. The summed E-state index contributed by atoms with van der Waals surface area (Å²) in [5, 5.41) is 6.62. The van der Waals surface area contributed by atoms with Gasteiger partial charge < -0.3 is 15.5 Å². The number of guanidine groups is 1. The number of amides is 1. The largest absolute Gasteiger partial charge is 0.357 e. The minimum Gasteiger partial charge on any atom is -0.357 e. The number of halogens is 1. The number of carbonyl (C=O) groups is 1. The molecule has 0 aromatic heterocycles. The molecule has 0 heterocycles. The third-order valence-electron chi connectivity index (χ3n) is 5.26. The van der Waals surface area contributed by atoms with Crippen LogP contribution in [0.15, 0.2) is 53.5 Å². The van der Waals surface area contributed by atoms with E-state index in [0.717, 1.165) is 30.5 Å². The van der Waals surface area contributed by atoms with Gasteiger partial charge >= 0.3 is 0 Å². The van der Waals surface area contributed by atoms with Gasteiger partial charge in [-0.1, -0.05) is 30.3 Å². The molecule has 0 unspecified atom stereocenters. The maximum Gasteiger partial charge on any atom is 0.253 e. The van der Waals surface area contributed by atoms with Crippen LogP contribution in [-0.2, 0) is 12.0 Å². The van der Waals surface area contributed by atoms with Crippen molar-refractivity contribution in [2.24, 2.45) is 4.99 Å². The van der Waals surface area contributed by atoms with Crippen molar-refractivity contribution in [3.05, 3.63) is 71.0 Å². The van der Waals surface area contributed by atoms with Crippen LogP contribution in [0.3, 0.4) is 0 Å². The predicted octanol–water partition coefficient (Wildman–Crippen LogP) is 3.31. The van der Waals surface area contributed by atoms with E-state index in [4.69, 9.17) is 0 Å². The van der Waals surface area contributed by atoms with Gasteiger partial charge in [-0.3, -0.25) is 4.79 Å². The second-order valence-corrected chi connectivity index (χ2v) is 7.71. The molecule has 29 heavy (non-hydrogen) atoms. The van der Waals surface area contributed by atoms with E-state index < -0.39 is 0 Å². The molecule has 6 heteroatoms. The fourth-order valence-corrected chi connectivity index (χ4v) is 3.36. The van der Waals surface area contributed by atoms with Crippen molar-refractivity contribution in [3.63, 3.8) is 0 Å². The number of nitrogens with zero attached hydrogens (tertiary/aromatic N) is 2. The highest BCUT2D eigenvalue weighted by atomic mass is 19.1. The molecular formula is C23H29FN4O. The number of benzene rings is 2. The minimum absolute atomic E-state index is 0.0158. The van der Waals surface area contributed by atoms with Crippen molar-refractivity contribution in [2.75, 3.05) is 27.2 Å². The van der Waals surface area contributed by atoms with E-state index in [2.05, 4.69) is 15.6 Å². The topological polar surface area (TPSA) is 56.7 Å². The van der Waals surface area contributed by atoms with Crippen molar-refractivity contribution in [1.29, 1.82) is 0 Å². The van der Waals surface area contributed by atoms with Crippen molar-refractivity contribution in [3.8, 4) is 0 Å². The molecule has 0 atom stereocenters. The van der Waals surface area contributed by atoms with Gasteiger partial charge in [0.2, 0.25) is 0 Å². The molecule has 0 saturated heterocycles. The summed E-state index contributed by atoms with van der Waals surface area (Å²) in [5.41, 5.74) is 2.32. The Morgan fingerprint density at radius 3 is 2.38 bits per heavy atom. The van der Waals surface area contributed by atoms with E-state index in [9.17, 15) is 9.18 Å². The maximum absolute atomic E-state index is 14.2. The van der Waals surface area contributed by atoms with E-state index in [1.165, 1.54) is 6.07 Å². The summed E-state index contributed by atoms with van der Waals surface area (Å²) < 4.78 is 14.2. The molecule has 1 saturated carbocycles. The summed E-state index contributed by atoms with van der Waals surface area (Å²) in [5.74, 6) is 0.558. The van der Waals surface area contributed by atoms with Crippen LogP contribution >= 0.6 is 0 Å². The highest BCUT2D eigenvalue weighted by Gasteiger charge is 2.45. The van der Waals surface area contributed by atoms with Gasteiger partial charge in [-0.05, 0) is 49.1 Å². The Kier molecular flexibility index (Phi) is 6.52. The molecule has 0 aliphatic heterocycles. The van der Waals surface area contributed by atoms with Crippen LogP contribution in [0.5, 0.6) is 0 Å². The van der Waals surface area contributed by atoms with E-state index in [1.807, 2.05) is 43.3 Å². The Hall–Kier alpha value is -2.89. The monoisotopic (exact) mass is 396 g/mol. The standard InChI is InChI=1S/C23H29FN4O/c1-4-25-22(26-15-17-9-11-18(12-10-17)21(29)28(2)3)27-16-23(13-14-23)19-7-5-6-8-20(19)24/h5-12H,4,13-16H2,1-3H3,(H2,25,26,27). The maximum atomic E-state index is 14.2. The average Bonchev–Trinajstić information content (AvgIpc) is 3.51. The van der Waals surface area contributed by atoms with Crippen molar-refractivity contribution < 1.29 is 9.18 Å². The van der Waals surface area contributed by atoms with Crippen LogP contribution < -0.4 is 10.6 Å². The Morgan fingerprint density at radius 2 is 1.79 bits per heavy atom. The lowest BCUT2D eigenvalue weighted by molar-refractivity contribution is 0.0827. The molecule has 3 rings (SSSR count). The van der Waals surface area contributed by atoms with Gasteiger partial charge in [0.1, 0.15) is 5.82 Å². The van der Waals surface area contributed by atoms with Crippen molar-refractivity contribution in [2.45, 2.75) is 31.7 Å². The van der Waals surface area contributed by atoms with E-state index in [0.29, 0.717) is 24.6 Å². The first-order chi connectivity index (χ1) is 13.9. The van der Waals surface area contributed by atoms with Gasteiger partial charge in [0, 0.05) is 38.2 Å². The zero-order valence-corrected chi connectivity index (χ0v) is 17.3. The zero-order chi connectivity index (χ0) is 20.9. The lowest BCUT2D eigenvalue weighted by Crippen LogP contribution is -2.41. The first-order valence-electron chi connectivity index (χ1n) is 10.0. The van der Waals surface area contributed by atoms with Gasteiger partial charge in [0.25, 0.3) is 5.91 Å². The molecule has 1 amide bonds. The molecule has 154 valence electrons. The highest BCUT2D eigenvalue weighted by Crippen LogP contribution is 2.48. The predicted molar refractivity (Wildman–Crippen MR) is 115 cm³/mol. The average molecular weight is 397 g/mol. The van der Waals surface area contributed by atoms with Crippen LogP contribution in [0.25, 0.3) is 0 Å². The van der Waals surface area contributed by atoms with E-state index >= 15 is 0 Å². The third kappa shape index (κ3) is 5.13. The lowest BCUT2D eigenvalue weighted by atomic mass is 9.95. The van der Waals surface area contributed by atoms with Crippen LogP contribution in [-0.4, -0.2) is 44.0 Å². The van der Waals surface area contributed by atoms with E-state index in [-0.39, 0.29) is 17.1 Å². The number of rotatable bonds is 7. The summed E-state index contributed by atoms with van der Waals surface area (Å²) in [4.78, 5) is 18.2. The number of aliphatic imine (C=N–C) groups is 1. The van der Waals surface area contributed by atoms with Crippen LogP contribution in [0.1, 0.15) is 41.3 Å². The smallest absolute Gasteiger partial charge is 0.253 e. The number of hydrogen-bond donors (Lipinski definition) is 2. The van der Waals surface area contributed by atoms with Gasteiger partial charge in [-0.2, -0.15) is 0 Å². The third-order valence-corrected chi connectivity index (χ3v) is 5.26. The number of carbonyl (C=O) groups excluding carboxylic acids is 1. The van der Waals surface area contributed by atoms with Gasteiger partial charge in [0.15, 0.2) is 5.96 Å². The quantitative estimate of drug-likeness (QED) is 0.558. The molecule has 1 fully saturated rings. The fourth-order valence-electron chi connectivity index (χ4n) is 3.36. The number of hydrogen-bond acceptors (Lipinski definition) is 2. The first kappa shape index (κ1) is 20.8. The van der Waals surface area contributed by atoms with Gasteiger partial charge in [0.05, 0.1) is 6.54 Å². The summed E-state index contributed by atoms with van der Waals surface area (Å²) in [7, 11) is 3.48. The molecule has 0 radical (unpaired) electrons. The molecular weight excluding hydrogens is 367 g/mol. The zero-order valence-electron chi connectivity index (χ0n) is 17.3. The lowest BCUT2D eigenvalue weighted by Gasteiger charge is -2.19. The molecule has 2 aromatic carbocycles. The Labute approximate surface area is 172 Å². The summed E-state index contributed by atoms with van der Waals surface area (Å²) >= 11 is 0. The molecule has 2 aromatic rings. The van der Waals surface area contributed by atoms with Crippen molar-refractivity contribution >= 4 is 11.9 Å². The van der Waals surface area contributed by atoms with Crippen molar-refractivity contribution in [1.82, 2.24) is 15.5 Å². The van der Waals surface area contributed by atoms with Gasteiger partial charge in [-0.15, -0.1) is 0 Å². The first-order valence-corrected chi connectivity index (χ1v) is 10.0. The Morgan fingerprint density at radius 1 is 1.10 bits per heavy atom. The summed E-state index contributed by atoms with van der Waals surface area (Å²) in [6.45, 7) is 3.91. The molecule has 2 N–H and O–H groups in total. The Bertz CT molecular complexity index is 873. The van der Waals surface area contributed by atoms with Gasteiger partial charge in [-0.25, -0.2) is 9.38 Å². The molecule has 0 bridgehead atoms. The molecule has 1 aliphatic rings. The molecule has 1 aliphatic carbocycles. The molecule has 0 spiro atoms. The van der Waals surface area contributed by atoms with Crippen LogP contribution in [0, 0.1) is 5.82 Å². The SMILES string of the molecule is CCNC(=NCc1ccc(C(=O)N(C)C)cc1)NCC1(c2ccccc2F)CC1. The minimum atomic E-state index is -0.143. The van der Waals surface area contributed by atoms with Crippen LogP contribution in [0.4, 0.5) is 4.39 Å². The summed E-state index contributed by atoms with van der Waals surface area (Å²) in [6, 6.07) is 14.5. The number of nitrogens with one attached hydrogen (secondary N) is 2. The highest BCUT2D eigenvalue weighted by molar-refractivity contribution is 5.93. The summed E-state index contributed by atoms with van der Waals surface area (Å²) in [6.07, 6.45) is 1.95. The normalized spacial score (nSPS) is 15.0. The second-order valence-electron chi connectivity index (χ2n) is 7.71. The van der Waals surface area contributed by atoms with E-state index in [1.54, 1.807) is 25.1 Å². The molecule has 5 nitrogen and oxygen atoms in total. The fraction of sp³-hybridized carbons (Fsp3) is 0.391.